The van der Waals surface area contributed by atoms with Crippen LogP contribution < -0.4 is 10.6 Å². The van der Waals surface area contributed by atoms with Crippen LogP contribution in [0.2, 0.25) is 5.02 Å². The van der Waals surface area contributed by atoms with Gasteiger partial charge in [-0.3, -0.25) is 0 Å². The summed E-state index contributed by atoms with van der Waals surface area (Å²) in [7, 11) is 0. The molecule has 2 N–H and O–H groups in total. The number of carbonyl (C=O) groups excluding carboxylic acids is 1. The Morgan fingerprint density at radius 1 is 0.952 bits per heavy atom. The van der Waals surface area contributed by atoms with Gasteiger partial charge in [-0.1, -0.05) is 51.8 Å². The van der Waals surface area contributed by atoms with Crippen molar-refractivity contribution in [1.82, 2.24) is 10.6 Å². The Bertz CT molecular complexity index is 584. The molecule has 0 fully saturated rings. The Morgan fingerprint density at radius 3 is 2.24 bits per heavy atom. The number of amides is 2. The van der Waals surface area contributed by atoms with Crippen molar-refractivity contribution < 1.29 is 4.79 Å². The summed E-state index contributed by atoms with van der Waals surface area (Å²) >= 11 is 9.20. The van der Waals surface area contributed by atoms with Crippen LogP contribution in [0.15, 0.2) is 53.0 Å². The fourth-order valence-electron chi connectivity index (χ4n) is 1.82. The second-order valence-corrected chi connectivity index (χ2v) is 5.96. The van der Waals surface area contributed by atoms with E-state index in [2.05, 4.69) is 26.6 Å². The van der Waals surface area contributed by atoms with Crippen LogP contribution in [0, 0.1) is 0 Å². The average Bonchev–Trinajstić information content (AvgIpc) is 2.49. The standard InChI is InChI=1S/C16H16BrClN2O/c17-14-5-1-13(2-6-14)11-20-16(21)19-10-9-12-3-7-15(18)8-4-12/h1-8H,9-11H2,(H2,19,20,21). The average molecular weight is 368 g/mol. The van der Waals surface area contributed by atoms with E-state index < -0.39 is 0 Å². The van der Waals surface area contributed by atoms with E-state index in [1.165, 1.54) is 0 Å². The third-order valence-corrected chi connectivity index (χ3v) is 3.76. The molecular weight excluding hydrogens is 352 g/mol. The Morgan fingerprint density at radius 2 is 1.57 bits per heavy atom. The zero-order chi connectivity index (χ0) is 15.1. The zero-order valence-electron chi connectivity index (χ0n) is 11.4. The summed E-state index contributed by atoms with van der Waals surface area (Å²) in [6, 6.07) is 15.3. The van der Waals surface area contributed by atoms with Gasteiger partial charge in [0.1, 0.15) is 0 Å². The second kappa shape index (κ2) is 8.05. The fraction of sp³-hybridized carbons (Fsp3) is 0.188. The second-order valence-electron chi connectivity index (χ2n) is 4.61. The first-order valence-electron chi connectivity index (χ1n) is 6.64. The molecule has 5 heteroatoms. The maximum absolute atomic E-state index is 11.7. The van der Waals surface area contributed by atoms with Gasteiger partial charge in [-0.05, 0) is 41.8 Å². The lowest BCUT2D eigenvalue weighted by atomic mass is 10.1. The lowest BCUT2D eigenvalue weighted by molar-refractivity contribution is 0.240. The van der Waals surface area contributed by atoms with Crippen molar-refractivity contribution in [2.24, 2.45) is 0 Å². The molecule has 2 rings (SSSR count). The van der Waals surface area contributed by atoms with E-state index in [-0.39, 0.29) is 6.03 Å². The van der Waals surface area contributed by atoms with E-state index in [1.54, 1.807) is 0 Å². The zero-order valence-corrected chi connectivity index (χ0v) is 13.7. The van der Waals surface area contributed by atoms with E-state index >= 15 is 0 Å². The molecule has 2 aromatic rings. The van der Waals surface area contributed by atoms with Crippen LogP contribution in [0.25, 0.3) is 0 Å². The molecule has 21 heavy (non-hydrogen) atoms. The molecule has 0 bridgehead atoms. The third kappa shape index (κ3) is 5.78. The molecular formula is C16H16BrClN2O. The minimum Gasteiger partial charge on any atom is -0.338 e. The molecule has 0 radical (unpaired) electrons. The van der Waals surface area contributed by atoms with Crippen LogP contribution in [0.3, 0.4) is 0 Å². The maximum Gasteiger partial charge on any atom is 0.315 e. The van der Waals surface area contributed by atoms with Crippen LogP contribution in [0.1, 0.15) is 11.1 Å². The summed E-state index contributed by atoms with van der Waals surface area (Å²) in [5.41, 5.74) is 2.21. The molecule has 2 aromatic carbocycles. The number of hydrogen-bond donors (Lipinski definition) is 2. The largest absolute Gasteiger partial charge is 0.338 e. The minimum absolute atomic E-state index is 0.160. The SMILES string of the molecule is O=C(NCCc1ccc(Cl)cc1)NCc1ccc(Br)cc1. The van der Waals surface area contributed by atoms with Gasteiger partial charge in [-0.2, -0.15) is 0 Å². The highest BCUT2D eigenvalue weighted by molar-refractivity contribution is 9.10. The minimum atomic E-state index is -0.160. The van der Waals surface area contributed by atoms with Crippen molar-refractivity contribution in [2.45, 2.75) is 13.0 Å². The van der Waals surface area contributed by atoms with Crippen molar-refractivity contribution in [1.29, 1.82) is 0 Å². The van der Waals surface area contributed by atoms with Gasteiger partial charge < -0.3 is 10.6 Å². The highest BCUT2D eigenvalue weighted by atomic mass is 79.9. The Kier molecular flexibility index (Phi) is 6.08. The Labute approximate surface area is 137 Å². The quantitative estimate of drug-likeness (QED) is 0.819. The number of rotatable bonds is 5. The number of benzene rings is 2. The highest BCUT2D eigenvalue weighted by Crippen LogP contribution is 2.10. The van der Waals surface area contributed by atoms with Crippen LogP contribution in [0.5, 0.6) is 0 Å². The van der Waals surface area contributed by atoms with E-state index in [0.29, 0.717) is 13.1 Å². The van der Waals surface area contributed by atoms with Gasteiger partial charge in [0.15, 0.2) is 0 Å². The molecule has 110 valence electrons. The third-order valence-electron chi connectivity index (χ3n) is 2.98. The Balaban J connectivity index is 1.67. The lowest BCUT2D eigenvalue weighted by Gasteiger charge is -2.08. The number of hydrogen-bond acceptors (Lipinski definition) is 1. The highest BCUT2D eigenvalue weighted by Gasteiger charge is 2.00. The molecule has 3 nitrogen and oxygen atoms in total. The summed E-state index contributed by atoms with van der Waals surface area (Å²) in [5, 5.41) is 6.38. The summed E-state index contributed by atoms with van der Waals surface area (Å²) in [5.74, 6) is 0. The molecule has 0 unspecified atom stereocenters. The van der Waals surface area contributed by atoms with Gasteiger partial charge in [0.2, 0.25) is 0 Å². The normalized spacial score (nSPS) is 10.2. The molecule has 0 aliphatic rings. The van der Waals surface area contributed by atoms with Crippen LogP contribution in [0.4, 0.5) is 4.79 Å². The van der Waals surface area contributed by atoms with Crippen LogP contribution >= 0.6 is 27.5 Å². The van der Waals surface area contributed by atoms with Crippen molar-refractivity contribution in [2.75, 3.05) is 6.54 Å². The number of halogens is 2. The van der Waals surface area contributed by atoms with E-state index in [0.717, 1.165) is 27.0 Å². The van der Waals surface area contributed by atoms with E-state index in [1.807, 2.05) is 48.5 Å². The molecule has 0 atom stereocenters. The predicted octanol–water partition coefficient (Wildman–Crippen LogP) is 4.14. The van der Waals surface area contributed by atoms with E-state index in [9.17, 15) is 4.79 Å². The first kappa shape index (κ1) is 15.9. The molecule has 0 saturated heterocycles. The van der Waals surface area contributed by atoms with Crippen LogP contribution in [-0.2, 0) is 13.0 Å². The fourth-order valence-corrected chi connectivity index (χ4v) is 2.21. The van der Waals surface area contributed by atoms with Gasteiger partial charge >= 0.3 is 6.03 Å². The van der Waals surface area contributed by atoms with Crippen LogP contribution in [-0.4, -0.2) is 12.6 Å². The van der Waals surface area contributed by atoms with Crippen molar-refractivity contribution in [3.05, 3.63) is 69.2 Å². The van der Waals surface area contributed by atoms with Crippen molar-refractivity contribution in [3.63, 3.8) is 0 Å². The van der Waals surface area contributed by atoms with Crippen molar-refractivity contribution >= 4 is 33.6 Å². The molecule has 0 heterocycles. The topological polar surface area (TPSA) is 41.1 Å². The van der Waals surface area contributed by atoms with Crippen molar-refractivity contribution in [3.8, 4) is 0 Å². The smallest absolute Gasteiger partial charge is 0.315 e. The summed E-state index contributed by atoms with van der Waals surface area (Å²) in [6.45, 7) is 1.11. The Hall–Kier alpha value is -1.52. The molecule has 0 aliphatic carbocycles. The van der Waals surface area contributed by atoms with Gasteiger partial charge in [0, 0.05) is 22.6 Å². The molecule has 2 amide bonds. The van der Waals surface area contributed by atoms with E-state index in [4.69, 9.17) is 11.6 Å². The van der Waals surface area contributed by atoms with Gasteiger partial charge in [0.25, 0.3) is 0 Å². The predicted molar refractivity (Wildman–Crippen MR) is 89.5 cm³/mol. The monoisotopic (exact) mass is 366 g/mol. The molecule has 0 spiro atoms. The summed E-state index contributed by atoms with van der Waals surface area (Å²) < 4.78 is 1.03. The number of nitrogens with one attached hydrogen (secondary N) is 2. The number of urea groups is 1. The number of carbonyl (C=O) groups is 1. The summed E-state index contributed by atoms with van der Waals surface area (Å²) in [6.07, 6.45) is 0.781. The first-order chi connectivity index (χ1) is 10.1. The first-order valence-corrected chi connectivity index (χ1v) is 7.81. The summed E-state index contributed by atoms with van der Waals surface area (Å²) in [4.78, 5) is 11.7. The maximum atomic E-state index is 11.7. The molecule has 0 aromatic heterocycles. The van der Waals surface area contributed by atoms with Gasteiger partial charge in [-0.25, -0.2) is 4.79 Å². The lowest BCUT2D eigenvalue weighted by Crippen LogP contribution is -2.36. The van der Waals surface area contributed by atoms with Gasteiger partial charge in [-0.15, -0.1) is 0 Å². The molecule has 0 aliphatic heterocycles. The molecule has 0 saturated carbocycles. The van der Waals surface area contributed by atoms with Gasteiger partial charge in [0.05, 0.1) is 0 Å².